The maximum Gasteiger partial charge on any atom is 0.416 e. The topological polar surface area (TPSA) is 38.0 Å². The second kappa shape index (κ2) is 6.28. The van der Waals surface area contributed by atoms with Gasteiger partial charge in [-0.1, -0.05) is 13.8 Å². The number of benzene rings is 1. The van der Waals surface area contributed by atoms with Gasteiger partial charge >= 0.3 is 6.18 Å². The number of hydrogen-bond acceptors (Lipinski definition) is 2. The highest BCUT2D eigenvalue weighted by Gasteiger charge is 2.30. The van der Waals surface area contributed by atoms with Crippen LogP contribution in [0.1, 0.15) is 32.3 Å². The molecule has 0 radical (unpaired) electrons. The van der Waals surface area contributed by atoms with Crippen LogP contribution in [-0.4, -0.2) is 13.1 Å². The quantitative estimate of drug-likeness (QED) is 0.826. The van der Waals surface area contributed by atoms with E-state index < -0.39 is 11.7 Å². The third kappa shape index (κ3) is 4.13. The van der Waals surface area contributed by atoms with Crippen molar-refractivity contribution in [2.24, 2.45) is 11.1 Å². The molecule has 0 aliphatic heterocycles. The molecule has 0 saturated carbocycles. The maximum atomic E-state index is 12.4. The van der Waals surface area contributed by atoms with Crippen LogP contribution in [0.4, 0.5) is 18.9 Å². The summed E-state index contributed by atoms with van der Waals surface area (Å²) >= 11 is 0. The van der Waals surface area contributed by atoms with Crippen molar-refractivity contribution in [2.45, 2.75) is 32.9 Å². The molecule has 0 saturated heterocycles. The molecular formula is C14H21F3N2. The lowest BCUT2D eigenvalue weighted by Gasteiger charge is -2.30. The van der Waals surface area contributed by atoms with Crippen molar-refractivity contribution in [2.75, 3.05) is 18.4 Å². The van der Waals surface area contributed by atoms with E-state index in [2.05, 4.69) is 19.2 Å². The number of nitrogens with two attached hydrogens (primary N) is 1. The van der Waals surface area contributed by atoms with E-state index in [4.69, 9.17) is 5.73 Å². The maximum absolute atomic E-state index is 12.4. The van der Waals surface area contributed by atoms with Crippen LogP contribution in [0, 0.1) is 5.41 Å². The van der Waals surface area contributed by atoms with E-state index in [9.17, 15) is 13.2 Å². The molecule has 0 aromatic heterocycles. The predicted molar refractivity (Wildman–Crippen MR) is 72.0 cm³/mol. The second-order valence-corrected chi connectivity index (χ2v) is 4.84. The van der Waals surface area contributed by atoms with Crippen molar-refractivity contribution in [3.8, 4) is 0 Å². The van der Waals surface area contributed by atoms with Gasteiger partial charge in [0.15, 0.2) is 0 Å². The normalized spacial score (nSPS) is 12.5. The summed E-state index contributed by atoms with van der Waals surface area (Å²) < 4.78 is 37.3. The van der Waals surface area contributed by atoms with Crippen LogP contribution >= 0.6 is 0 Å². The molecule has 0 aliphatic carbocycles. The first-order valence-corrected chi connectivity index (χ1v) is 6.48. The van der Waals surface area contributed by atoms with Gasteiger partial charge in [0.25, 0.3) is 0 Å². The van der Waals surface area contributed by atoms with Crippen LogP contribution in [0.3, 0.4) is 0 Å². The second-order valence-electron chi connectivity index (χ2n) is 4.84. The van der Waals surface area contributed by atoms with Crippen molar-refractivity contribution in [3.05, 3.63) is 29.8 Å². The summed E-state index contributed by atoms with van der Waals surface area (Å²) in [5, 5.41) is 3.17. The fourth-order valence-electron chi connectivity index (χ4n) is 1.93. The first-order chi connectivity index (χ1) is 8.87. The Bertz CT molecular complexity index is 372. The van der Waals surface area contributed by atoms with Gasteiger partial charge in [0.2, 0.25) is 0 Å². The van der Waals surface area contributed by atoms with Gasteiger partial charge in [0.1, 0.15) is 0 Å². The Labute approximate surface area is 112 Å². The van der Waals surface area contributed by atoms with Crippen molar-refractivity contribution in [1.82, 2.24) is 0 Å². The van der Waals surface area contributed by atoms with Crippen molar-refractivity contribution in [3.63, 3.8) is 0 Å². The third-order valence-electron chi connectivity index (χ3n) is 3.81. The number of nitrogens with one attached hydrogen (secondary N) is 1. The molecule has 0 spiro atoms. The van der Waals surface area contributed by atoms with E-state index in [-0.39, 0.29) is 5.41 Å². The Balaban J connectivity index is 2.69. The predicted octanol–water partition coefficient (Wildman–Crippen LogP) is 3.88. The van der Waals surface area contributed by atoms with Gasteiger partial charge in [0, 0.05) is 12.2 Å². The molecule has 1 aromatic carbocycles. The summed E-state index contributed by atoms with van der Waals surface area (Å²) in [5.41, 5.74) is 5.85. The summed E-state index contributed by atoms with van der Waals surface area (Å²) in [6, 6.07) is 5.08. The first kappa shape index (κ1) is 15.8. The van der Waals surface area contributed by atoms with Gasteiger partial charge in [0.05, 0.1) is 5.56 Å². The highest BCUT2D eigenvalue weighted by atomic mass is 19.4. The highest BCUT2D eigenvalue weighted by Crippen LogP contribution is 2.30. The molecule has 108 valence electrons. The summed E-state index contributed by atoms with van der Waals surface area (Å²) in [6.45, 7) is 5.38. The fraction of sp³-hybridized carbons (Fsp3) is 0.571. The molecule has 0 unspecified atom stereocenters. The van der Waals surface area contributed by atoms with Crippen molar-refractivity contribution >= 4 is 5.69 Å². The monoisotopic (exact) mass is 274 g/mol. The standard InChI is InChI=1S/C14H21F3N2/c1-3-13(4-2,9-18)10-19-12-7-5-11(6-8-12)14(15,16)17/h5-8,19H,3-4,9-10,18H2,1-2H3. The molecule has 1 rings (SSSR count). The largest absolute Gasteiger partial charge is 0.416 e. The SMILES string of the molecule is CCC(CC)(CN)CNc1ccc(C(F)(F)F)cc1. The number of anilines is 1. The number of hydrogen-bond donors (Lipinski definition) is 2. The van der Waals surface area contributed by atoms with Gasteiger partial charge in [-0.25, -0.2) is 0 Å². The summed E-state index contributed by atoms with van der Waals surface area (Å²) in [6.07, 6.45) is -2.41. The van der Waals surface area contributed by atoms with Crippen molar-refractivity contribution < 1.29 is 13.2 Å². The van der Waals surface area contributed by atoms with Gasteiger partial charge < -0.3 is 11.1 Å². The Morgan fingerprint density at radius 2 is 1.58 bits per heavy atom. The molecule has 5 heteroatoms. The zero-order valence-corrected chi connectivity index (χ0v) is 11.3. The van der Waals surface area contributed by atoms with E-state index in [1.165, 1.54) is 12.1 Å². The number of alkyl halides is 3. The van der Waals surface area contributed by atoms with Crippen LogP contribution in [-0.2, 0) is 6.18 Å². The zero-order valence-electron chi connectivity index (χ0n) is 11.3. The summed E-state index contributed by atoms with van der Waals surface area (Å²) in [4.78, 5) is 0. The summed E-state index contributed by atoms with van der Waals surface area (Å²) in [5.74, 6) is 0. The lowest BCUT2D eigenvalue weighted by Crippen LogP contribution is -2.36. The smallest absolute Gasteiger partial charge is 0.384 e. The van der Waals surface area contributed by atoms with Crippen LogP contribution in [0.25, 0.3) is 0 Å². The molecule has 0 amide bonds. The Hall–Kier alpha value is -1.23. The molecule has 1 aromatic rings. The highest BCUT2D eigenvalue weighted by molar-refractivity contribution is 5.45. The average molecular weight is 274 g/mol. The zero-order chi connectivity index (χ0) is 14.5. The van der Waals surface area contributed by atoms with E-state index >= 15 is 0 Å². The molecule has 0 heterocycles. The van der Waals surface area contributed by atoms with E-state index in [1.807, 2.05) is 0 Å². The van der Waals surface area contributed by atoms with Crippen LogP contribution in [0.15, 0.2) is 24.3 Å². The Morgan fingerprint density at radius 1 is 1.05 bits per heavy atom. The summed E-state index contributed by atoms with van der Waals surface area (Å²) in [7, 11) is 0. The lowest BCUT2D eigenvalue weighted by molar-refractivity contribution is -0.137. The molecule has 19 heavy (non-hydrogen) atoms. The van der Waals surface area contributed by atoms with E-state index in [0.717, 1.165) is 25.0 Å². The molecule has 3 N–H and O–H groups in total. The van der Waals surface area contributed by atoms with Crippen LogP contribution in [0.5, 0.6) is 0 Å². The first-order valence-electron chi connectivity index (χ1n) is 6.48. The van der Waals surface area contributed by atoms with Crippen LogP contribution < -0.4 is 11.1 Å². The van der Waals surface area contributed by atoms with E-state index in [0.29, 0.717) is 18.8 Å². The van der Waals surface area contributed by atoms with Crippen molar-refractivity contribution in [1.29, 1.82) is 0 Å². The van der Waals surface area contributed by atoms with E-state index in [1.54, 1.807) is 0 Å². The molecular weight excluding hydrogens is 253 g/mol. The van der Waals surface area contributed by atoms with Gasteiger partial charge in [-0.05, 0) is 49.1 Å². The molecule has 0 atom stereocenters. The Morgan fingerprint density at radius 3 is 1.95 bits per heavy atom. The molecule has 0 bridgehead atoms. The minimum Gasteiger partial charge on any atom is -0.384 e. The van der Waals surface area contributed by atoms with Gasteiger partial charge in [-0.3, -0.25) is 0 Å². The number of halogens is 3. The average Bonchev–Trinajstić information content (AvgIpc) is 2.40. The molecule has 2 nitrogen and oxygen atoms in total. The van der Waals surface area contributed by atoms with Gasteiger partial charge in [-0.2, -0.15) is 13.2 Å². The third-order valence-corrected chi connectivity index (χ3v) is 3.81. The fourth-order valence-corrected chi connectivity index (χ4v) is 1.93. The lowest BCUT2D eigenvalue weighted by atomic mass is 9.82. The van der Waals surface area contributed by atoms with Crippen LogP contribution in [0.2, 0.25) is 0 Å². The molecule has 0 aliphatic rings. The number of rotatable bonds is 6. The Kier molecular flexibility index (Phi) is 5.23. The van der Waals surface area contributed by atoms with Gasteiger partial charge in [-0.15, -0.1) is 0 Å². The minimum absolute atomic E-state index is 0.00268. The minimum atomic E-state index is -4.29. The molecule has 0 fully saturated rings.